The summed E-state index contributed by atoms with van der Waals surface area (Å²) in [6.07, 6.45) is 4.18. The van der Waals surface area contributed by atoms with Crippen LogP contribution < -0.4 is 5.32 Å². The van der Waals surface area contributed by atoms with Crippen molar-refractivity contribution in [2.24, 2.45) is 16.7 Å². The first-order valence-corrected chi connectivity index (χ1v) is 7.74. The summed E-state index contributed by atoms with van der Waals surface area (Å²) in [7, 11) is 0. The molecule has 1 aromatic rings. The first kappa shape index (κ1) is 12.5. The molecule has 2 fully saturated rings. The van der Waals surface area contributed by atoms with E-state index in [1.165, 1.54) is 29.4 Å². The van der Waals surface area contributed by atoms with E-state index in [4.69, 9.17) is 0 Å². The van der Waals surface area contributed by atoms with Crippen molar-refractivity contribution in [3.8, 4) is 0 Å². The van der Waals surface area contributed by atoms with E-state index in [1.807, 2.05) is 0 Å². The Labute approximate surface area is 118 Å². The van der Waals surface area contributed by atoms with E-state index in [0.29, 0.717) is 16.9 Å². The lowest BCUT2D eigenvalue weighted by Gasteiger charge is -2.43. The molecule has 1 N–H and O–H groups in total. The molecule has 2 saturated carbocycles. The number of halogens is 1. The molecule has 2 heteroatoms. The number of fused-ring (bicyclic) bond motifs is 2. The van der Waals surface area contributed by atoms with Gasteiger partial charge in [-0.2, -0.15) is 0 Å². The quantitative estimate of drug-likeness (QED) is 0.803. The largest absolute Gasteiger partial charge is 0.380 e. The van der Waals surface area contributed by atoms with Gasteiger partial charge in [-0.15, -0.1) is 0 Å². The minimum Gasteiger partial charge on any atom is -0.380 e. The van der Waals surface area contributed by atoms with E-state index in [-0.39, 0.29) is 0 Å². The van der Waals surface area contributed by atoms with Crippen LogP contribution in [0.4, 0.5) is 5.69 Å². The molecule has 2 aliphatic rings. The minimum atomic E-state index is 0.405. The fraction of sp³-hybridized carbons (Fsp3) is 0.625. The van der Waals surface area contributed by atoms with Gasteiger partial charge in [-0.05, 0) is 64.1 Å². The van der Waals surface area contributed by atoms with Gasteiger partial charge in [-0.3, -0.25) is 0 Å². The fourth-order valence-electron chi connectivity index (χ4n) is 4.40. The standard InChI is InChI=1S/C16H22BrN/c1-15(2)11-8-9-16(3,10-11)14(15)18-13-7-5-4-6-12(13)17/h4-7,11,14,18H,8-10H2,1-3H3/t11-,14?,16+/m0/s1. The van der Waals surface area contributed by atoms with Gasteiger partial charge in [0, 0.05) is 16.2 Å². The minimum absolute atomic E-state index is 0.405. The normalized spacial score (nSPS) is 36.9. The van der Waals surface area contributed by atoms with Crippen LogP contribution in [0.3, 0.4) is 0 Å². The van der Waals surface area contributed by atoms with Crippen LogP contribution in [-0.2, 0) is 0 Å². The topological polar surface area (TPSA) is 12.0 Å². The van der Waals surface area contributed by atoms with Gasteiger partial charge in [-0.1, -0.05) is 32.9 Å². The van der Waals surface area contributed by atoms with Gasteiger partial charge in [0.2, 0.25) is 0 Å². The molecule has 2 bridgehead atoms. The first-order valence-electron chi connectivity index (χ1n) is 6.94. The van der Waals surface area contributed by atoms with Gasteiger partial charge in [0.15, 0.2) is 0 Å². The van der Waals surface area contributed by atoms with Gasteiger partial charge < -0.3 is 5.32 Å². The molecule has 0 aliphatic heterocycles. The highest BCUT2D eigenvalue weighted by molar-refractivity contribution is 9.10. The van der Waals surface area contributed by atoms with Crippen LogP contribution in [-0.4, -0.2) is 6.04 Å². The molecule has 0 amide bonds. The highest BCUT2D eigenvalue weighted by Crippen LogP contribution is 2.63. The zero-order valence-electron chi connectivity index (χ0n) is 11.5. The molecule has 98 valence electrons. The molecule has 0 radical (unpaired) electrons. The Hall–Kier alpha value is -0.500. The molecule has 0 saturated heterocycles. The predicted octanol–water partition coefficient (Wildman–Crippen LogP) is 5.08. The lowest BCUT2D eigenvalue weighted by Crippen LogP contribution is -2.45. The second-order valence-electron chi connectivity index (χ2n) is 6.97. The van der Waals surface area contributed by atoms with E-state index in [9.17, 15) is 0 Å². The van der Waals surface area contributed by atoms with Crippen molar-refractivity contribution in [3.05, 3.63) is 28.7 Å². The molecule has 2 aliphatic carbocycles. The van der Waals surface area contributed by atoms with E-state index >= 15 is 0 Å². The van der Waals surface area contributed by atoms with Crippen molar-refractivity contribution in [1.29, 1.82) is 0 Å². The van der Waals surface area contributed by atoms with E-state index in [1.54, 1.807) is 0 Å². The number of rotatable bonds is 2. The third-order valence-corrected chi connectivity index (χ3v) is 6.13. The van der Waals surface area contributed by atoms with Crippen molar-refractivity contribution >= 4 is 21.6 Å². The smallest absolute Gasteiger partial charge is 0.0487 e. The predicted molar refractivity (Wildman–Crippen MR) is 80.8 cm³/mol. The number of nitrogens with one attached hydrogen (secondary N) is 1. The number of hydrogen-bond acceptors (Lipinski definition) is 1. The monoisotopic (exact) mass is 307 g/mol. The van der Waals surface area contributed by atoms with Crippen LogP contribution in [0.25, 0.3) is 0 Å². The zero-order chi connectivity index (χ0) is 13.0. The summed E-state index contributed by atoms with van der Waals surface area (Å²) in [5, 5.41) is 3.82. The maximum Gasteiger partial charge on any atom is 0.0487 e. The first-order chi connectivity index (χ1) is 8.43. The molecule has 0 spiro atoms. The van der Waals surface area contributed by atoms with Gasteiger partial charge in [0.1, 0.15) is 0 Å². The van der Waals surface area contributed by atoms with Crippen LogP contribution in [0.2, 0.25) is 0 Å². The molecule has 18 heavy (non-hydrogen) atoms. The van der Waals surface area contributed by atoms with Crippen molar-refractivity contribution in [1.82, 2.24) is 0 Å². The maximum absolute atomic E-state index is 3.82. The lowest BCUT2D eigenvalue weighted by molar-refractivity contribution is 0.155. The molecular weight excluding hydrogens is 286 g/mol. The molecule has 1 aromatic carbocycles. The zero-order valence-corrected chi connectivity index (χ0v) is 13.0. The number of para-hydroxylation sites is 1. The third kappa shape index (κ3) is 1.72. The fourth-order valence-corrected chi connectivity index (χ4v) is 4.80. The van der Waals surface area contributed by atoms with Crippen molar-refractivity contribution in [2.75, 3.05) is 5.32 Å². The van der Waals surface area contributed by atoms with Crippen LogP contribution in [0.1, 0.15) is 40.0 Å². The Kier molecular flexibility index (Phi) is 2.78. The summed E-state index contributed by atoms with van der Waals surface area (Å²) in [5.74, 6) is 0.891. The molecular formula is C16H22BrN. The number of benzene rings is 1. The number of anilines is 1. The van der Waals surface area contributed by atoms with E-state index < -0.39 is 0 Å². The summed E-state index contributed by atoms with van der Waals surface area (Å²) in [5.41, 5.74) is 2.12. The Bertz CT molecular complexity index is 463. The van der Waals surface area contributed by atoms with E-state index in [0.717, 1.165) is 5.92 Å². The Morgan fingerprint density at radius 3 is 2.56 bits per heavy atom. The molecule has 3 rings (SSSR count). The summed E-state index contributed by atoms with van der Waals surface area (Å²) < 4.78 is 1.17. The van der Waals surface area contributed by atoms with Crippen molar-refractivity contribution in [3.63, 3.8) is 0 Å². The summed E-state index contributed by atoms with van der Waals surface area (Å²) in [6.45, 7) is 7.35. The highest BCUT2D eigenvalue weighted by atomic mass is 79.9. The average Bonchev–Trinajstić information content (AvgIpc) is 2.78. The van der Waals surface area contributed by atoms with Crippen molar-refractivity contribution in [2.45, 2.75) is 46.1 Å². The van der Waals surface area contributed by atoms with Crippen LogP contribution >= 0.6 is 15.9 Å². The average molecular weight is 308 g/mol. The SMILES string of the molecule is CC1(C)C(Nc2ccccc2Br)[C@]2(C)CC[C@H]1C2. The Morgan fingerprint density at radius 1 is 1.22 bits per heavy atom. The Morgan fingerprint density at radius 2 is 1.94 bits per heavy atom. The van der Waals surface area contributed by atoms with Gasteiger partial charge in [0.05, 0.1) is 0 Å². The second-order valence-corrected chi connectivity index (χ2v) is 7.83. The molecule has 0 heterocycles. The highest BCUT2D eigenvalue weighted by Gasteiger charge is 2.59. The maximum atomic E-state index is 3.82. The summed E-state index contributed by atoms with van der Waals surface area (Å²) in [4.78, 5) is 0. The molecule has 0 aromatic heterocycles. The lowest BCUT2D eigenvalue weighted by atomic mass is 9.68. The van der Waals surface area contributed by atoms with Crippen LogP contribution in [0, 0.1) is 16.7 Å². The van der Waals surface area contributed by atoms with E-state index in [2.05, 4.69) is 66.3 Å². The third-order valence-electron chi connectivity index (χ3n) is 5.44. The Balaban J connectivity index is 1.91. The van der Waals surface area contributed by atoms with Crippen molar-refractivity contribution < 1.29 is 0 Å². The second kappa shape index (κ2) is 4.00. The van der Waals surface area contributed by atoms with Gasteiger partial charge >= 0.3 is 0 Å². The van der Waals surface area contributed by atoms with Gasteiger partial charge in [0.25, 0.3) is 0 Å². The number of hydrogen-bond donors (Lipinski definition) is 1. The molecule has 1 nitrogen and oxygen atoms in total. The van der Waals surface area contributed by atoms with Crippen LogP contribution in [0.15, 0.2) is 28.7 Å². The molecule has 3 atom stereocenters. The summed E-state index contributed by atoms with van der Waals surface area (Å²) >= 11 is 3.65. The van der Waals surface area contributed by atoms with Crippen LogP contribution in [0.5, 0.6) is 0 Å². The molecule has 1 unspecified atom stereocenters. The van der Waals surface area contributed by atoms with Gasteiger partial charge in [-0.25, -0.2) is 0 Å². The summed E-state index contributed by atoms with van der Waals surface area (Å²) in [6, 6.07) is 9.06.